The third-order valence-electron chi connectivity index (χ3n) is 3.22. The molecule has 1 N–H and O–H groups in total. The lowest BCUT2D eigenvalue weighted by Gasteiger charge is -2.11. The monoisotopic (exact) mass is 318 g/mol. The van der Waals surface area contributed by atoms with Crippen LogP contribution in [0.1, 0.15) is 12.8 Å². The average Bonchev–Trinajstić information content (AvgIpc) is 3.10. The second kappa shape index (κ2) is 5.95. The maximum Gasteiger partial charge on any atom is 0.322 e. The number of rotatable bonds is 4. The first-order valence-electron chi connectivity index (χ1n) is 6.75. The molecule has 2 aromatic rings. The summed E-state index contributed by atoms with van der Waals surface area (Å²) in [6.45, 7) is -0.397. The Labute approximate surface area is 129 Å². The molecule has 1 fully saturated rings. The molecule has 0 saturated carbocycles. The maximum absolute atomic E-state index is 12.9. The number of carbonyl (C=O) groups excluding carboxylic acids is 3. The standard InChI is InChI=1S/C14H11FN4O4/c15-9-3-1-8(2-4-9)13-17-18-14(23-13)16-10(20)7-19-11(21)5-6-12(19)22/h1-4H,5-7H2,(H,16,18,20). The van der Waals surface area contributed by atoms with Gasteiger partial charge in [0.1, 0.15) is 12.4 Å². The van der Waals surface area contributed by atoms with E-state index in [0.29, 0.717) is 5.56 Å². The first-order valence-corrected chi connectivity index (χ1v) is 6.75. The number of benzene rings is 1. The van der Waals surface area contributed by atoms with Crippen LogP contribution in [0, 0.1) is 5.82 Å². The van der Waals surface area contributed by atoms with Crippen LogP contribution in [0.5, 0.6) is 0 Å². The molecule has 0 bridgehead atoms. The van der Waals surface area contributed by atoms with Crippen molar-refractivity contribution in [2.24, 2.45) is 0 Å². The van der Waals surface area contributed by atoms with Crippen LogP contribution in [0.3, 0.4) is 0 Å². The van der Waals surface area contributed by atoms with Crippen LogP contribution in [0.2, 0.25) is 0 Å². The van der Waals surface area contributed by atoms with E-state index in [4.69, 9.17) is 4.42 Å². The normalized spacial score (nSPS) is 14.4. The summed E-state index contributed by atoms with van der Waals surface area (Å²) in [6, 6.07) is 5.21. The fourth-order valence-corrected chi connectivity index (χ4v) is 2.08. The van der Waals surface area contributed by atoms with E-state index in [1.807, 2.05) is 0 Å². The van der Waals surface area contributed by atoms with E-state index in [1.165, 1.54) is 24.3 Å². The third kappa shape index (κ3) is 3.23. The highest BCUT2D eigenvalue weighted by molar-refractivity contribution is 6.05. The molecule has 1 aromatic carbocycles. The zero-order valence-electron chi connectivity index (χ0n) is 11.8. The molecule has 9 heteroatoms. The number of aromatic nitrogens is 2. The summed E-state index contributed by atoms with van der Waals surface area (Å²) in [6.07, 6.45) is 0.225. The molecule has 1 aliphatic rings. The van der Waals surface area contributed by atoms with Gasteiger partial charge in [-0.3, -0.25) is 24.6 Å². The molecule has 2 heterocycles. The summed E-state index contributed by atoms with van der Waals surface area (Å²) in [5.74, 6) is -1.69. The van der Waals surface area contributed by atoms with Crippen LogP contribution in [0.4, 0.5) is 10.4 Å². The van der Waals surface area contributed by atoms with Gasteiger partial charge in [0, 0.05) is 18.4 Å². The molecule has 1 saturated heterocycles. The van der Waals surface area contributed by atoms with Gasteiger partial charge in [-0.1, -0.05) is 5.10 Å². The summed E-state index contributed by atoms with van der Waals surface area (Å²) >= 11 is 0. The van der Waals surface area contributed by atoms with Crippen molar-refractivity contribution in [1.29, 1.82) is 0 Å². The first-order chi connectivity index (χ1) is 11.0. The maximum atomic E-state index is 12.9. The quantitative estimate of drug-likeness (QED) is 0.842. The second-order valence-corrected chi connectivity index (χ2v) is 4.84. The van der Waals surface area contributed by atoms with Gasteiger partial charge >= 0.3 is 6.01 Å². The van der Waals surface area contributed by atoms with E-state index < -0.39 is 18.3 Å². The summed E-state index contributed by atoms with van der Waals surface area (Å²) in [4.78, 5) is 35.6. The lowest BCUT2D eigenvalue weighted by Crippen LogP contribution is -2.36. The molecule has 1 aromatic heterocycles. The van der Waals surface area contributed by atoms with E-state index in [2.05, 4.69) is 15.5 Å². The van der Waals surface area contributed by atoms with E-state index in [-0.39, 0.29) is 36.6 Å². The smallest absolute Gasteiger partial charge is 0.322 e. The number of hydrogen-bond donors (Lipinski definition) is 1. The van der Waals surface area contributed by atoms with Crippen molar-refractivity contribution in [2.45, 2.75) is 12.8 Å². The van der Waals surface area contributed by atoms with Crippen LogP contribution in [-0.4, -0.2) is 39.4 Å². The summed E-state index contributed by atoms with van der Waals surface area (Å²) in [7, 11) is 0. The Morgan fingerprint density at radius 1 is 1.17 bits per heavy atom. The molecule has 23 heavy (non-hydrogen) atoms. The Bertz CT molecular complexity index is 755. The molecule has 118 valence electrons. The van der Waals surface area contributed by atoms with E-state index in [9.17, 15) is 18.8 Å². The highest BCUT2D eigenvalue weighted by Crippen LogP contribution is 2.20. The molecule has 0 unspecified atom stereocenters. The SMILES string of the molecule is O=C(CN1C(=O)CCC1=O)Nc1nnc(-c2ccc(F)cc2)o1. The van der Waals surface area contributed by atoms with Crippen LogP contribution < -0.4 is 5.32 Å². The molecule has 1 aliphatic heterocycles. The molecule has 0 atom stereocenters. The van der Waals surface area contributed by atoms with Gasteiger partial charge < -0.3 is 4.42 Å². The van der Waals surface area contributed by atoms with Gasteiger partial charge in [-0.05, 0) is 24.3 Å². The highest BCUT2D eigenvalue weighted by Gasteiger charge is 2.30. The minimum absolute atomic E-state index is 0.105. The fraction of sp³-hybridized carbons (Fsp3) is 0.214. The number of halogens is 1. The van der Waals surface area contributed by atoms with Crippen molar-refractivity contribution in [3.05, 3.63) is 30.1 Å². The minimum atomic E-state index is -0.622. The first kappa shape index (κ1) is 14.8. The van der Waals surface area contributed by atoms with Gasteiger partial charge in [0.15, 0.2) is 0 Å². The van der Waals surface area contributed by atoms with Crippen LogP contribution in [0.25, 0.3) is 11.5 Å². The molecule has 0 aliphatic carbocycles. The summed E-state index contributed by atoms with van der Waals surface area (Å²) in [5.41, 5.74) is 0.490. The van der Waals surface area contributed by atoms with Gasteiger partial charge in [-0.2, -0.15) is 0 Å². The second-order valence-electron chi connectivity index (χ2n) is 4.84. The van der Waals surface area contributed by atoms with Gasteiger partial charge in [-0.15, -0.1) is 5.10 Å². The number of amides is 3. The lowest BCUT2D eigenvalue weighted by atomic mass is 10.2. The Balaban J connectivity index is 1.64. The predicted molar refractivity (Wildman–Crippen MR) is 74.3 cm³/mol. The van der Waals surface area contributed by atoms with Gasteiger partial charge in [0.25, 0.3) is 0 Å². The highest BCUT2D eigenvalue weighted by atomic mass is 19.1. The number of carbonyl (C=O) groups is 3. The van der Waals surface area contributed by atoms with Crippen LogP contribution in [-0.2, 0) is 14.4 Å². The zero-order valence-corrected chi connectivity index (χ0v) is 11.8. The van der Waals surface area contributed by atoms with Crippen LogP contribution >= 0.6 is 0 Å². The number of hydrogen-bond acceptors (Lipinski definition) is 6. The zero-order chi connectivity index (χ0) is 16.4. The van der Waals surface area contributed by atoms with Crippen LogP contribution in [0.15, 0.2) is 28.7 Å². The predicted octanol–water partition coefficient (Wildman–Crippen LogP) is 0.963. The van der Waals surface area contributed by atoms with Crippen molar-refractivity contribution >= 4 is 23.7 Å². The van der Waals surface area contributed by atoms with E-state index >= 15 is 0 Å². The minimum Gasteiger partial charge on any atom is -0.403 e. The Morgan fingerprint density at radius 2 is 1.83 bits per heavy atom. The van der Waals surface area contributed by atoms with Gasteiger partial charge in [0.05, 0.1) is 0 Å². The van der Waals surface area contributed by atoms with Gasteiger partial charge in [-0.25, -0.2) is 4.39 Å². The summed E-state index contributed by atoms with van der Waals surface area (Å²) < 4.78 is 18.1. The van der Waals surface area contributed by atoms with E-state index in [1.54, 1.807) is 0 Å². The molecular formula is C14H11FN4O4. The van der Waals surface area contributed by atoms with Crippen molar-refractivity contribution in [3.63, 3.8) is 0 Å². The fourth-order valence-electron chi connectivity index (χ4n) is 2.08. The topological polar surface area (TPSA) is 105 Å². The van der Waals surface area contributed by atoms with Crippen molar-refractivity contribution < 1.29 is 23.2 Å². The van der Waals surface area contributed by atoms with Crippen molar-refractivity contribution in [3.8, 4) is 11.5 Å². The number of anilines is 1. The molecule has 8 nitrogen and oxygen atoms in total. The van der Waals surface area contributed by atoms with E-state index in [0.717, 1.165) is 4.90 Å². The Morgan fingerprint density at radius 3 is 2.48 bits per heavy atom. The Kier molecular flexibility index (Phi) is 3.83. The molecular weight excluding hydrogens is 307 g/mol. The Hall–Kier alpha value is -3.10. The van der Waals surface area contributed by atoms with Crippen molar-refractivity contribution in [2.75, 3.05) is 11.9 Å². The third-order valence-corrected chi connectivity index (χ3v) is 3.22. The largest absolute Gasteiger partial charge is 0.403 e. The molecule has 3 rings (SSSR count). The summed E-state index contributed by atoms with van der Waals surface area (Å²) in [5, 5.41) is 9.68. The molecule has 0 radical (unpaired) electrons. The number of nitrogens with one attached hydrogen (secondary N) is 1. The number of imide groups is 1. The van der Waals surface area contributed by atoms with Crippen molar-refractivity contribution in [1.82, 2.24) is 15.1 Å². The molecule has 3 amide bonds. The lowest BCUT2D eigenvalue weighted by molar-refractivity contribution is -0.141. The average molecular weight is 318 g/mol. The number of nitrogens with zero attached hydrogens (tertiary/aromatic N) is 3. The number of likely N-dealkylation sites (tertiary alicyclic amines) is 1. The van der Waals surface area contributed by atoms with Gasteiger partial charge in [0.2, 0.25) is 23.6 Å². The molecule has 0 spiro atoms.